The van der Waals surface area contributed by atoms with Gasteiger partial charge in [0.2, 0.25) is 0 Å². The summed E-state index contributed by atoms with van der Waals surface area (Å²) in [5.74, 6) is -1.81. The third kappa shape index (κ3) is 6.47. The summed E-state index contributed by atoms with van der Waals surface area (Å²) < 4.78 is 36.8. The average molecular weight is 436 g/mol. The molecule has 0 aliphatic heterocycles. The van der Waals surface area contributed by atoms with Crippen molar-refractivity contribution in [3.63, 3.8) is 0 Å². The zero-order valence-corrected chi connectivity index (χ0v) is 17.1. The molecule has 4 aromatic rings. The average Bonchev–Trinajstić information content (AvgIpc) is 2.81. The molecule has 0 aliphatic rings. The van der Waals surface area contributed by atoms with Crippen LogP contribution in [0.4, 0.5) is 8.78 Å². The van der Waals surface area contributed by atoms with E-state index in [9.17, 15) is 19.0 Å². The number of phenols is 2. The number of rotatable bonds is 6. The fourth-order valence-electron chi connectivity index (χ4n) is 2.72. The van der Waals surface area contributed by atoms with Crippen molar-refractivity contribution in [2.45, 2.75) is 13.2 Å². The summed E-state index contributed by atoms with van der Waals surface area (Å²) in [5.41, 5.74) is 1.89. The first kappa shape index (κ1) is 22.6. The van der Waals surface area contributed by atoms with Gasteiger partial charge in [-0.3, -0.25) is 0 Å². The van der Waals surface area contributed by atoms with E-state index < -0.39 is 17.4 Å². The van der Waals surface area contributed by atoms with E-state index in [2.05, 4.69) is 0 Å². The molecular formula is C26H22F2O4. The number of para-hydroxylation sites is 2. The zero-order chi connectivity index (χ0) is 22.8. The van der Waals surface area contributed by atoms with Crippen LogP contribution in [0, 0.1) is 11.6 Å². The Morgan fingerprint density at radius 2 is 1.09 bits per heavy atom. The first-order valence-electron chi connectivity index (χ1n) is 9.83. The van der Waals surface area contributed by atoms with Gasteiger partial charge in [-0.25, -0.2) is 8.78 Å². The maximum absolute atomic E-state index is 13.3. The monoisotopic (exact) mass is 436 g/mol. The number of phenolic OH excluding ortho intramolecular Hbond substituents is 2. The number of benzene rings is 4. The summed E-state index contributed by atoms with van der Waals surface area (Å²) in [4.78, 5) is 0. The molecule has 0 heterocycles. The van der Waals surface area contributed by atoms with Crippen molar-refractivity contribution in [1.29, 1.82) is 0 Å². The first-order chi connectivity index (χ1) is 15.5. The van der Waals surface area contributed by atoms with E-state index in [1.807, 2.05) is 60.7 Å². The Morgan fingerprint density at radius 3 is 1.69 bits per heavy atom. The van der Waals surface area contributed by atoms with Crippen LogP contribution in [0.15, 0.2) is 97.1 Å². The molecule has 0 saturated heterocycles. The van der Waals surface area contributed by atoms with Crippen molar-refractivity contribution in [3.05, 3.63) is 120 Å². The van der Waals surface area contributed by atoms with E-state index in [0.717, 1.165) is 11.1 Å². The Hall–Kier alpha value is -4.06. The van der Waals surface area contributed by atoms with Gasteiger partial charge in [-0.2, -0.15) is 0 Å². The molecule has 32 heavy (non-hydrogen) atoms. The lowest BCUT2D eigenvalue weighted by Crippen LogP contribution is -1.97. The molecule has 0 radical (unpaired) electrons. The molecule has 4 aromatic carbocycles. The molecule has 0 saturated carbocycles. The Balaban J connectivity index is 0.000000181. The molecule has 6 heteroatoms. The van der Waals surface area contributed by atoms with Crippen molar-refractivity contribution in [2.24, 2.45) is 0 Å². The number of ether oxygens (including phenoxy) is 2. The van der Waals surface area contributed by atoms with Gasteiger partial charge in [-0.05, 0) is 35.4 Å². The lowest BCUT2D eigenvalue weighted by atomic mass is 10.2. The maximum atomic E-state index is 13.3. The molecule has 164 valence electrons. The van der Waals surface area contributed by atoms with Crippen LogP contribution in [0.3, 0.4) is 0 Å². The normalized spacial score (nSPS) is 10.1. The molecule has 2 N–H and O–H groups in total. The molecule has 0 spiro atoms. The Bertz CT molecular complexity index is 1100. The third-order valence-electron chi connectivity index (χ3n) is 4.36. The third-order valence-corrected chi connectivity index (χ3v) is 4.36. The highest BCUT2D eigenvalue weighted by Gasteiger charge is 2.09. The van der Waals surface area contributed by atoms with Crippen LogP contribution in [0.25, 0.3) is 0 Å². The summed E-state index contributed by atoms with van der Waals surface area (Å²) >= 11 is 0. The van der Waals surface area contributed by atoms with E-state index >= 15 is 0 Å². The molecule has 4 nitrogen and oxygen atoms in total. The van der Waals surface area contributed by atoms with Gasteiger partial charge < -0.3 is 19.7 Å². The molecule has 4 rings (SSSR count). The number of hydrogen-bond acceptors (Lipinski definition) is 4. The molecule has 0 unspecified atom stereocenters. The smallest absolute Gasteiger partial charge is 0.197 e. The Labute approximate surface area is 184 Å². The van der Waals surface area contributed by atoms with Gasteiger partial charge in [0.15, 0.2) is 34.6 Å². The van der Waals surface area contributed by atoms with Crippen molar-refractivity contribution < 1.29 is 28.5 Å². The largest absolute Gasteiger partial charge is 0.504 e. The fourth-order valence-corrected chi connectivity index (χ4v) is 2.72. The van der Waals surface area contributed by atoms with Crippen LogP contribution in [0.5, 0.6) is 23.0 Å². The van der Waals surface area contributed by atoms with Crippen molar-refractivity contribution in [3.8, 4) is 23.0 Å². The van der Waals surface area contributed by atoms with E-state index in [0.29, 0.717) is 6.61 Å². The second-order valence-electron chi connectivity index (χ2n) is 6.72. The van der Waals surface area contributed by atoms with Crippen molar-refractivity contribution in [2.75, 3.05) is 0 Å². The quantitative estimate of drug-likeness (QED) is 0.377. The number of aromatic hydroxyl groups is 2. The highest BCUT2D eigenvalue weighted by molar-refractivity contribution is 5.40. The summed E-state index contributed by atoms with van der Waals surface area (Å²) in [5, 5.41) is 18.8. The van der Waals surface area contributed by atoms with Crippen LogP contribution >= 0.6 is 0 Å². The van der Waals surface area contributed by atoms with E-state index in [4.69, 9.17) is 9.47 Å². The first-order valence-corrected chi connectivity index (χ1v) is 9.83. The summed E-state index contributed by atoms with van der Waals surface area (Å²) in [7, 11) is 0. The SMILES string of the molecule is Oc1c(F)cccc1OCc1ccccc1.Oc1cccc(F)c1OCc1ccccc1. The van der Waals surface area contributed by atoms with Gasteiger partial charge in [-0.1, -0.05) is 72.8 Å². The molecule has 0 aromatic heterocycles. The summed E-state index contributed by atoms with van der Waals surface area (Å²) in [6.45, 7) is 0.535. The highest BCUT2D eigenvalue weighted by atomic mass is 19.1. The molecule has 0 amide bonds. The second kappa shape index (κ2) is 11.4. The van der Waals surface area contributed by atoms with Gasteiger partial charge in [-0.15, -0.1) is 0 Å². The minimum absolute atomic E-state index is 0.105. The van der Waals surface area contributed by atoms with Crippen LogP contribution in [-0.2, 0) is 13.2 Å². The van der Waals surface area contributed by atoms with Gasteiger partial charge in [0.1, 0.15) is 13.2 Å². The lowest BCUT2D eigenvalue weighted by molar-refractivity contribution is 0.273. The van der Waals surface area contributed by atoms with Crippen LogP contribution in [0.2, 0.25) is 0 Å². The van der Waals surface area contributed by atoms with Crippen molar-refractivity contribution >= 4 is 0 Å². The molecule has 0 bridgehead atoms. The fraction of sp³-hybridized carbons (Fsp3) is 0.0769. The summed E-state index contributed by atoms with van der Waals surface area (Å²) in [6, 6.07) is 27.2. The highest BCUT2D eigenvalue weighted by Crippen LogP contribution is 2.29. The van der Waals surface area contributed by atoms with Crippen LogP contribution in [-0.4, -0.2) is 10.2 Å². The van der Waals surface area contributed by atoms with Gasteiger partial charge in [0.05, 0.1) is 0 Å². The van der Waals surface area contributed by atoms with Crippen LogP contribution in [0.1, 0.15) is 11.1 Å². The summed E-state index contributed by atoms with van der Waals surface area (Å²) in [6.07, 6.45) is 0. The number of halogens is 2. The molecule has 0 atom stereocenters. The number of hydrogen-bond donors (Lipinski definition) is 2. The van der Waals surface area contributed by atoms with Gasteiger partial charge >= 0.3 is 0 Å². The standard InChI is InChI=1S/2C13H11FO2/c14-11-7-4-8-12(13(11)15)16-9-10-5-2-1-3-6-10;14-11-7-4-8-12(15)13(11)16-9-10-5-2-1-3-6-10/h2*1-8,15H,9H2. The minimum atomic E-state index is -0.675. The topological polar surface area (TPSA) is 58.9 Å². The van der Waals surface area contributed by atoms with E-state index in [-0.39, 0.29) is 23.9 Å². The lowest BCUT2D eigenvalue weighted by Gasteiger charge is -2.08. The van der Waals surface area contributed by atoms with E-state index in [1.165, 1.54) is 36.4 Å². The minimum Gasteiger partial charge on any atom is -0.504 e. The van der Waals surface area contributed by atoms with Gasteiger partial charge in [0.25, 0.3) is 0 Å². The Morgan fingerprint density at radius 1 is 0.562 bits per heavy atom. The molecule has 0 aliphatic carbocycles. The predicted octanol–water partition coefficient (Wildman–Crippen LogP) is 6.22. The van der Waals surface area contributed by atoms with E-state index in [1.54, 1.807) is 0 Å². The molecular weight excluding hydrogens is 414 g/mol. The van der Waals surface area contributed by atoms with Crippen molar-refractivity contribution in [1.82, 2.24) is 0 Å². The predicted molar refractivity (Wildman–Crippen MR) is 118 cm³/mol. The zero-order valence-electron chi connectivity index (χ0n) is 17.1. The molecule has 0 fully saturated rings. The van der Waals surface area contributed by atoms with Crippen LogP contribution < -0.4 is 9.47 Å². The second-order valence-corrected chi connectivity index (χ2v) is 6.72. The van der Waals surface area contributed by atoms with Gasteiger partial charge in [0, 0.05) is 0 Å². The maximum Gasteiger partial charge on any atom is 0.197 e. The Kier molecular flexibility index (Phi) is 8.03.